The summed E-state index contributed by atoms with van der Waals surface area (Å²) in [5, 5.41) is 0. The largest absolute Gasteiger partial charge is 0.324 e. The monoisotopic (exact) mass is 298 g/mol. The van der Waals surface area contributed by atoms with E-state index in [1.807, 2.05) is 33.8 Å². The summed E-state index contributed by atoms with van der Waals surface area (Å²) in [4.78, 5) is 0.304. The van der Waals surface area contributed by atoms with Crippen LogP contribution in [-0.4, -0.2) is 20.5 Å². The first-order chi connectivity index (χ1) is 9.24. The lowest BCUT2D eigenvalue weighted by Gasteiger charge is -2.26. The molecular weight excluding hydrogens is 272 g/mol. The predicted molar refractivity (Wildman–Crippen MR) is 83.2 cm³/mol. The normalized spacial score (nSPS) is 12.9. The zero-order chi connectivity index (χ0) is 15.4. The van der Waals surface area contributed by atoms with Crippen LogP contribution in [0.5, 0.6) is 0 Å². The molecule has 20 heavy (non-hydrogen) atoms. The van der Waals surface area contributed by atoms with Crippen LogP contribution >= 0.6 is 0 Å². The van der Waals surface area contributed by atoms with Crippen molar-refractivity contribution in [2.24, 2.45) is 5.73 Å². The minimum atomic E-state index is -3.50. The molecule has 4 nitrogen and oxygen atoms in total. The Hall–Kier alpha value is -0.910. The van der Waals surface area contributed by atoms with E-state index in [4.69, 9.17) is 5.73 Å². The molecule has 0 heterocycles. The van der Waals surface area contributed by atoms with Crippen molar-refractivity contribution in [1.82, 2.24) is 4.72 Å². The van der Waals surface area contributed by atoms with Gasteiger partial charge in [-0.3, -0.25) is 0 Å². The minimum absolute atomic E-state index is 0.258. The van der Waals surface area contributed by atoms with Gasteiger partial charge in [-0.25, -0.2) is 13.1 Å². The summed E-state index contributed by atoms with van der Waals surface area (Å²) in [6.45, 7) is 8.28. The Morgan fingerprint density at radius 1 is 1.25 bits per heavy atom. The summed E-state index contributed by atoms with van der Waals surface area (Å²) < 4.78 is 27.3. The molecule has 0 saturated carbocycles. The molecule has 0 atom stereocenters. The van der Waals surface area contributed by atoms with Crippen LogP contribution in [0.15, 0.2) is 29.2 Å². The molecular formula is C15H26N2O2S. The van der Waals surface area contributed by atoms with Gasteiger partial charge in [-0.05, 0) is 36.5 Å². The van der Waals surface area contributed by atoms with Crippen LogP contribution in [0.3, 0.4) is 0 Å². The molecule has 0 amide bonds. The first-order valence-corrected chi connectivity index (χ1v) is 8.61. The lowest BCUT2D eigenvalue weighted by Crippen LogP contribution is -2.49. The maximum atomic E-state index is 12.3. The van der Waals surface area contributed by atoms with Crippen molar-refractivity contribution in [1.29, 1.82) is 0 Å². The van der Waals surface area contributed by atoms with Crippen molar-refractivity contribution in [3.63, 3.8) is 0 Å². The zero-order valence-corrected chi connectivity index (χ0v) is 13.6. The highest BCUT2D eigenvalue weighted by Crippen LogP contribution is 2.19. The molecule has 0 fully saturated rings. The van der Waals surface area contributed by atoms with Crippen LogP contribution in [0.2, 0.25) is 0 Å². The zero-order valence-electron chi connectivity index (χ0n) is 12.8. The fourth-order valence-electron chi connectivity index (χ4n) is 1.86. The molecule has 3 N–H and O–H groups in total. The molecule has 0 radical (unpaired) electrons. The molecule has 0 aliphatic carbocycles. The number of hydrogen-bond acceptors (Lipinski definition) is 3. The summed E-state index contributed by atoms with van der Waals surface area (Å²) in [7, 11) is -3.50. The SMILES string of the molecule is CCC(N)(CC)CNS(=O)(=O)c1cccc(C(C)C)c1. The quantitative estimate of drug-likeness (QED) is 0.812. The highest BCUT2D eigenvalue weighted by Gasteiger charge is 2.24. The Labute approximate surface area is 122 Å². The van der Waals surface area contributed by atoms with E-state index in [0.717, 1.165) is 18.4 Å². The Balaban J connectivity index is 2.92. The van der Waals surface area contributed by atoms with Crippen LogP contribution in [-0.2, 0) is 10.0 Å². The van der Waals surface area contributed by atoms with Gasteiger partial charge in [0, 0.05) is 12.1 Å². The van der Waals surface area contributed by atoms with Crippen LogP contribution in [0, 0.1) is 0 Å². The molecule has 5 heteroatoms. The van der Waals surface area contributed by atoms with Gasteiger partial charge in [0.2, 0.25) is 10.0 Å². The van der Waals surface area contributed by atoms with E-state index in [9.17, 15) is 8.42 Å². The molecule has 0 aromatic heterocycles. The number of rotatable bonds is 7. The van der Waals surface area contributed by atoms with E-state index in [1.165, 1.54) is 0 Å². The number of nitrogens with one attached hydrogen (secondary N) is 1. The number of hydrogen-bond donors (Lipinski definition) is 2. The molecule has 0 spiro atoms. The van der Waals surface area contributed by atoms with E-state index in [-0.39, 0.29) is 6.54 Å². The van der Waals surface area contributed by atoms with Crippen LogP contribution in [0.4, 0.5) is 0 Å². The second kappa shape index (κ2) is 6.70. The Kier molecular flexibility index (Phi) is 5.74. The predicted octanol–water partition coefficient (Wildman–Crippen LogP) is 2.61. The van der Waals surface area contributed by atoms with E-state index >= 15 is 0 Å². The fraction of sp³-hybridized carbons (Fsp3) is 0.600. The van der Waals surface area contributed by atoms with Gasteiger partial charge in [0.15, 0.2) is 0 Å². The van der Waals surface area contributed by atoms with E-state index in [1.54, 1.807) is 18.2 Å². The summed E-state index contributed by atoms with van der Waals surface area (Å²) >= 11 is 0. The third-order valence-corrected chi connectivity index (χ3v) is 5.26. The molecule has 0 unspecified atom stereocenters. The molecule has 0 saturated heterocycles. The first-order valence-electron chi connectivity index (χ1n) is 7.12. The van der Waals surface area contributed by atoms with Gasteiger partial charge < -0.3 is 5.73 Å². The van der Waals surface area contributed by atoms with Gasteiger partial charge in [0.25, 0.3) is 0 Å². The Bertz CT molecular complexity index is 535. The molecule has 0 aliphatic rings. The average molecular weight is 298 g/mol. The van der Waals surface area contributed by atoms with Crippen molar-refractivity contribution in [3.05, 3.63) is 29.8 Å². The van der Waals surface area contributed by atoms with Gasteiger partial charge in [-0.1, -0.05) is 39.8 Å². The second-order valence-corrected chi connectivity index (χ2v) is 7.39. The highest BCUT2D eigenvalue weighted by atomic mass is 32.2. The first kappa shape index (κ1) is 17.1. The summed E-state index contributed by atoms with van der Waals surface area (Å²) in [5.41, 5.74) is 6.66. The fourth-order valence-corrected chi connectivity index (χ4v) is 3.06. The van der Waals surface area contributed by atoms with E-state index in [2.05, 4.69) is 4.72 Å². The van der Waals surface area contributed by atoms with Crippen molar-refractivity contribution in [3.8, 4) is 0 Å². The second-order valence-electron chi connectivity index (χ2n) is 5.62. The summed E-state index contributed by atoms with van der Waals surface area (Å²) in [5.74, 6) is 0.296. The van der Waals surface area contributed by atoms with E-state index in [0.29, 0.717) is 10.8 Å². The van der Waals surface area contributed by atoms with E-state index < -0.39 is 15.6 Å². The van der Waals surface area contributed by atoms with Gasteiger partial charge >= 0.3 is 0 Å². The average Bonchev–Trinajstić information content (AvgIpc) is 2.45. The lowest BCUT2D eigenvalue weighted by molar-refractivity contribution is 0.392. The third kappa shape index (κ3) is 4.30. The van der Waals surface area contributed by atoms with Gasteiger partial charge in [0.05, 0.1) is 4.90 Å². The maximum absolute atomic E-state index is 12.3. The molecule has 1 rings (SSSR count). The maximum Gasteiger partial charge on any atom is 0.240 e. The topological polar surface area (TPSA) is 72.2 Å². The van der Waals surface area contributed by atoms with Crippen molar-refractivity contribution in [2.75, 3.05) is 6.54 Å². The molecule has 0 aliphatic heterocycles. The summed E-state index contributed by atoms with van der Waals surface area (Å²) in [6.07, 6.45) is 1.47. The van der Waals surface area contributed by atoms with Crippen LogP contribution < -0.4 is 10.5 Å². The molecule has 1 aromatic carbocycles. The van der Waals surface area contributed by atoms with Crippen molar-refractivity contribution < 1.29 is 8.42 Å². The number of sulfonamides is 1. The molecule has 0 bridgehead atoms. The van der Waals surface area contributed by atoms with Gasteiger partial charge in [-0.15, -0.1) is 0 Å². The minimum Gasteiger partial charge on any atom is -0.324 e. The Morgan fingerprint density at radius 3 is 2.35 bits per heavy atom. The number of nitrogens with two attached hydrogens (primary N) is 1. The van der Waals surface area contributed by atoms with Crippen LogP contribution in [0.25, 0.3) is 0 Å². The molecule has 1 aromatic rings. The smallest absolute Gasteiger partial charge is 0.240 e. The standard InChI is InChI=1S/C15H26N2O2S/c1-5-15(16,6-2)11-17-20(18,19)14-9-7-8-13(10-14)12(3)4/h7-10,12,17H,5-6,11,16H2,1-4H3. The highest BCUT2D eigenvalue weighted by molar-refractivity contribution is 7.89. The van der Waals surface area contributed by atoms with Crippen LogP contribution in [0.1, 0.15) is 52.0 Å². The molecule has 114 valence electrons. The van der Waals surface area contributed by atoms with Gasteiger partial charge in [-0.2, -0.15) is 0 Å². The summed E-state index contributed by atoms with van der Waals surface area (Å²) in [6, 6.07) is 7.06. The van der Waals surface area contributed by atoms with Crippen molar-refractivity contribution in [2.45, 2.75) is 56.9 Å². The number of benzene rings is 1. The lowest BCUT2D eigenvalue weighted by atomic mass is 9.95. The van der Waals surface area contributed by atoms with Crippen molar-refractivity contribution >= 4 is 10.0 Å². The third-order valence-electron chi connectivity index (χ3n) is 3.86. The van der Waals surface area contributed by atoms with Gasteiger partial charge in [0.1, 0.15) is 0 Å². The Morgan fingerprint density at radius 2 is 1.85 bits per heavy atom.